The fourth-order valence-corrected chi connectivity index (χ4v) is 2.08. The van der Waals surface area contributed by atoms with Gasteiger partial charge in [0.1, 0.15) is 11.4 Å². The Kier molecular flexibility index (Phi) is 2.52. The maximum Gasteiger partial charge on any atom is 0.137 e. The van der Waals surface area contributed by atoms with Crippen molar-refractivity contribution in [2.75, 3.05) is 0 Å². The van der Waals surface area contributed by atoms with Gasteiger partial charge >= 0.3 is 0 Å². The van der Waals surface area contributed by atoms with Crippen LogP contribution >= 0.6 is 0 Å². The van der Waals surface area contributed by atoms with Crippen molar-refractivity contribution in [3.63, 3.8) is 0 Å². The van der Waals surface area contributed by atoms with E-state index >= 15 is 0 Å². The van der Waals surface area contributed by atoms with Crippen molar-refractivity contribution in [2.45, 2.75) is 13.3 Å². The Labute approximate surface area is 105 Å². The molecule has 2 heterocycles. The summed E-state index contributed by atoms with van der Waals surface area (Å²) in [4.78, 5) is 4.56. The maximum absolute atomic E-state index is 9.76. The number of para-hydroxylation sites is 1. The number of phenolic OH excluding ortho intramolecular Hbond substituents is 1. The van der Waals surface area contributed by atoms with Crippen LogP contribution in [0.1, 0.15) is 16.8 Å². The quantitative estimate of drug-likeness (QED) is 0.745. The predicted molar refractivity (Wildman–Crippen MR) is 70.8 cm³/mol. The van der Waals surface area contributed by atoms with Crippen molar-refractivity contribution < 1.29 is 5.11 Å². The third-order valence-electron chi connectivity index (χ3n) is 3.03. The fraction of sp³-hybridized carbons (Fsp3) is 0.133. The molecule has 1 aromatic carbocycles. The number of benzene rings is 1. The highest BCUT2D eigenvalue weighted by molar-refractivity contribution is 5.44. The van der Waals surface area contributed by atoms with E-state index in [1.807, 2.05) is 41.1 Å². The molecule has 0 aliphatic rings. The van der Waals surface area contributed by atoms with Crippen molar-refractivity contribution in [3.05, 3.63) is 65.6 Å². The van der Waals surface area contributed by atoms with E-state index in [9.17, 15) is 5.11 Å². The van der Waals surface area contributed by atoms with Gasteiger partial charge in [0.25, 0.3) is 0 Å². The lowest BCUT2D eigenvalue weighted by atomic mass is 10.1. The molecular formula is C15H14N2O. The van der Waals surface area contributed by atoms with E-state index in [0.717, 1.165) is 16.9 Å². The van der Waals surface area contributed by atoms with E-state index in [2.05, 4.69) is 18.0 Å². The van der Waals surface area contributed by atoms with E-state index in [0.29, 0.717) is 12.2 Å². The lowest BCUT2D eigenvalue weighted by Gasteiger charge is -2.00. The van der Waals surface area contributed by atoms with Crippen LogP contribution in [0.3, 0.4) is 0 Å². The minimum absolute atomic E-state index is 0.325. The number of aromatic hydroxyl groups is 1. The number of nitrogens with zero attached hydrogens (tertiary/aromatic N) is 2. The summed E-state index contributed by atoms with van der Waals surface area (Å²) < 4.78 is 2.00. The second kappa shape index (κ2) is 4.18. The van der Waals surface area contributed by atoms with Crippen LogP contribution in [0.2, 0.25) is 0 Å². The molecule has 0 spiro atoms. The maximum atomic E-state index is 9.76. The van der Waals surface area contributed by atoms with Gasteiger partial charge < -0.3 is 9.51 Å². The molecule has 0 unspecified atom stereocenters. The zero-order valence-electron chi connectivity index (χ0n) is 10.2. The predicted octanol–water partition coefficient (Wildman–Crippen LogP) is 2.94. The molecule has 0 saturated carbocycles. The molecule has 90 valence electrons. The average molecular weight is 238 g/mol. The SMILES string of the molecule is Cc1ccn2cc(Cc3ccccc3O)nc2c1. The molecule has 1 N–H and O–H groups in total. The molecule has 0 amide bonds. The van der Waals surface area contributed by atoms with Gasteiger partial charge in [-0.3, -0.25) is 0 Å². The van der Waals surface area contributed by atoms with Gasteiger partial charge in [0.15, 0.2) is 0 Å². The molecule has 0 radical (unpaired) electrons. The Morgan fingerprint density at radius 2 is 2.06 bits per heavy atom. The van der Waals surface area contributed by atoms with Gasteiger partial charge in [-0.2, -0.15) is 0 Å². The van der Waals surface area contributed by atoms with Gasteiger partial charge in [0, 0.05) is 18.8 Å². The number of aromatic nitrogens is 2. The first-order valence-electron chi connectivity index (χ1n) is 5.93. The standard InChI is InChI=1S/C15H14N2O/c1-11-6-7-17-10-13(16-15(17)8-11)9-12-4-2-3-5-14(12)18/h2-8,10,18H,9H2,1H3. The fourth-order valence-electron chi connectivity index (χ4n) is 2.08. The first-order chi connectivity index (χ1) is 8.72. The van der Waals surface area contributed by atoms with Crippen molar-refractivity contribution in [1.29, 1.82) is 0 Å². The van der Waals surface area contributed by atoms with Crippen LogP contribution in [-0.2, 0) is 6.42 Å². The van der Waals surface area contributed by atoms with Gasteiger partial charge in [0.05, 0.1) is 5.69 Å². The summed E-state index contributed by atoms with van der Waals surface area (Å²) in [6.07, 6.45) is 4.65. The summed E-state index contributed by atoms with van der Waals surface area (Å²) in [6, 6.07) is 11.5. The molecule has 3 nitrogen and oxygen atoms in total. The third kappa shape index (κ3) is 1.95. The van der Waals surface area contributed by atoms with Crippen LogP contribution in [0.5, 0.6) is 5.75 Å². The highest BCUT2D eigenvalue weighted by Gasteiger charge is 2.05. The lowest BCUT2D eigenvalue weighted by molar-refractivity contribution is 0.469. The second-order valence-electron chi connectivity index (χ2n) is 4.51. The van der Waals surface area contributed by atoms with Crippen LogP contribution < -0.4 is 0 Å². The number of pyridine rings is 1. The van der Waals surface area contributed by atoms with Crippen molar-refractivity contribution in [2.24, 2.45) is 0 Å². The number of hydrogen-bond donors (Lipinski definition) is 1. The van der Waals surface area contributed by atoms with E-state index in [1.54, 1.807) is 6.07 Å². The highest BCUT2D eigenvalue weighted by Crippen LogP contribution is 2.19. The van der Waals surface area contributed by atoms with Gasteiger partial charge in [0.2, 0.25) is 0 Å². The zero-order valence-corrected chi connectivity index (χ0v) is 10.2. The summed E-state index contributed by atoms with van der Waals surface area (Å²) in [5.74, 6) is 0.325. The number of rotatable bonds is 2. The molecule has 0 bridgehead atoms. The summed E-state index contributed by atoms with van der Waals surface area (Å²) in [7, 11) is 0. The Hall–Kier alpha value is -2.29. The van der Waals surface area contributed by atoms with E-state index in [4.69, 9.17) is 0 Å². The van der Waals surface area contributed by atoms with E-state index in [1.165, 1.54) is 5.56 Å². The Morgan fingerprint density at radius 3 is 2.89 bits per heavy atom. The molecular weight excluding hydrogens is 224 g/mol. The van der Waals surface area contributed by atoms with Gasteiger partial charge in [-0.25, -0.2) is 4.98 Å². The number of aryl methyl sites for hydroxylation is 1. The smallest absolute Gasteiger partial charge is 0.137 e. The first kappa shape index (κ1) is 10.8. The molecule has 0 saturated heterocycles. The normalized spacial score (nSPS) is 10.9. The van der Waals surface area contributed by atoms with Crippen molar-refractivity contribution in [1.82, 2.24) is 9.38 Å². The zero-order chi connectivity index (χ0) is 12.5. The molecule has 2 aromatic heterocycles. The lowest BCUT2D eigenvalue weighted by Crippen LogP contribution is -1.88. The van der Waals surface area contributed by atoms with Crippen molar-refractivity contribution >= 4 is 5.65 Å². The molecule has 0 fully saturated rings. The molecule has 18 heavy (non-hydrogen) atoms. The first-order valence-corrected chi connectivity index (χ1v) is 5.93. The Balaban J connectivity index is 1.98. The molecule has 0 aliphatic carbocycles. The number of imidazole rings is 1. The molecule has 3 rings (SSSR count). The summed E-state index contributed by atoms with van der Waals surface area (Å²) >= 11 is 0. The Morgan fingerprint density at radius 1 is 1.22 bits per heavy atom. The van der Waals surface area contributed by atoms with E-state index < -0.39 is 0 Å². The van der Waals surface area contributed by atoms with Crippen LogP contribution in [0.15, 0.2) is 48.8 Å². The Bertz CT molecular complexity index is 701. The molecule has 3 aromatic rings. The van der Waals surface area contributed by atoms with Crippen molar-refractivity contribution in [3.8, 4) is 5.75 Å². The van der Waals surface area contributed by atoms with Crippen LogP contribution in [-0.4, -0.2) is 14.5 Å². The van der Waals surface area contributed by atoms with Crippen LogP contribution in [0.4, 0.5) is 0 Å². The molecule has 0 atom stereocenters. The average Bonchev–Trinajstić information content (AvgIpc) is 2.73. The monoisotopic (exact) mass is 238 g/mol. The topological polar surface area (TPSA) is 37.5 Å². The molecule has 0 aliphatic heterocycles. The summed E-state index contributed by atoms with van der Waals surface area (Å²) in [6.45, 7) is 2.05. The minimum atomic E-state index is 0.325. The summed E-state index contributed by atoms with van der Waals surface area (Å²) in [5.41, 5.74) is 4.00. The number of phenols is 1. The van der Waals surface area contributed by atoms with Gasteiger partial charge in [-0.05, 0) is 36.2 Å². The van der Waals surface area contributed by atoms with Gasteiger partial charge in [-0.1, -0.05) is 18.2 Å². The molecule has 3 heteroatoms. The second-order valence-corrected chi connectivity index (χ2v) is 4.51. The van der Waals surface area contributed by atoms with Crippen LogP contribution in [0, 0.1) is 6.92 Å². The largest absolute Gasteiger partial charge is 0.508 e. The number of fused-ring (bicyclic) bond motifs is 1. The number of hydrogen-bond acceptors (Lipinski definition) is 2. The van der Waals surface area contributed by atoms with Gasteiger partial charge in [-0.15, -0.1) is 0 Å². The van der Waals surface area contributed by atoms with Crippen LogP contribution in [0.25, 0.3) is 5.65 Å². The third-order valence-corrected chi connectivity index (χ3v) is 3.03. The highest BCUT2D eigenvalue weighted by atomic mass is 16.3. The van der Waals surface area contributed by atoms with E-state index in [-0.39, 0.29) is 0 Å². The summed E-state index contributed by atoms with van der Waals surface area (Å²) in [5, 5.41) is 9.76. The minimum Gasteiger partial charge on any atom is -0.508 e.